The van der Waals surface area contributed by atoms with Crippen LogP contribution >= 0.6 is 0 Å². The summed E-state index contributed by atoms with van der Waals surface area (Å²) in [5.41, 5.74) is 1.05. The number of aliphatic hydroxyl groups is 1. The smallest absolute Gasteiger partial charge is 0.224 e. The summed E-state index contributed by atoms with van der Waals surface area (Å²) in [5.74, 6) is 0.703. The van der Waals surface area contributed by atoms with Crippen LogP contribution in [-0.2, 0) is 11.2 Å². The lowest BCUT2D eigenvalue weighted by Crippen LogP contribution is -2.53. The second-order valence-corrected chi connectivity index (χ2v) is 6.59. The van der Waals surface area contributed by atoms with Crippen molar-refractivity contribution in [3.63, 3.8) is 0 Å². The molecule has 1 heterocycles. The van der Waals surface area contributed by atoms with Crippen LogP contribution in [0.25, 0.3) is 0 Å². The number of anilines is 1. The number of hydrogen-bond acceptors (Lipinski definition) is 4. The summed E-state index contributed by atoms with van der Waals surface area (Å²) in [6, 6.07) is 5.85. The summed E-state index contributed by atoms with van der Waals surface area (Å²) in [4.78, 5) is 11.7. The van der Waals surface area contributed by atoms with Crippen molar-refractivity contribution in [2.75, 3.05) is 5.32 Å². The molecule has 1 saturated carbocycles. The molecular formula is C18H26N2O3. The van der Waals surface area contributed by atoms with E-state index in [1.165, 1.54) is 6.42 Å². The van der Waals surface area contributed by atoms with Crippen LogP contribution in [0.3, 0.4) is 0 Å². The molecule has 3 N–H and O–H groups in total. The lowest BCUT2D eigenvalue weighted by molar-refractivity contribution is -0.116. The number of ether oxygens (including phenoxy) is 1. The Morgan fingerprint density at radius 2 is 2.09 bits per heavy atom. The van der Waals surface area contributed by atoms with Crippen LogP contribution in [0, 0.1) is 0 Å². The van der Waals surface area contributed by atoms with Gasteiger partial charge in [-0.2, -0.15) is 0 Å². The van der Waals surface area contributed by atoms with Gasteiger partial charge in [-0.05, 0) is 50.2 Å². The van der Waals surface area contributed by atoms with Gasteiger partial charge in [0.15, 0.2) is 6.23 Å². The molecule has 2 aliphatic rings. The first-order chi connectivity index (χ1) is 11.1. The molecule has 0 spiro atoms. The van der Waals surface area contributed by atoms with E-state index in [4.69, 9.17) is 4.74 Å². The number of hydrogen-bond donors (Lipinski definition) is 3. The van der Waals surface area contributed by atoms with Gasteiger partial charge in [0.05, 0.1) is 5.69 Å². The molecule has 1 aliphatic carbocycles. The van der Waals surface area contributed by atoms with Crippen LogP contribution in [0.1, 0.15) is 57.4 Å². The summed E-state index contributed by atoms with van der Waals surface area (Å²) in [6.07, 6.45) is 6.50. The van der Waals surface area contributed by atoms with Crippen molar-refractivity contribution in [3.8, 4) is 5.75 Å². The average Bonchev–Trinajstić information content (AvgIpc) is 2.55. The first kappa shape index (κ1) is 16.3. The van der Waals surface area contributed by atoms with Crippen LogP contribution in [0.15, 0.2) is 18.2 Å². The van der Waals surface area contributed by atoms with Gasteiger partial charge >= 0.3 is 0 Å². The highest BCUT2D eigenvalue weighted by Crippen LogP contribution is 2.34. The number of carbonyl (C=O) groups is 1. The highest BCUT2D eigenvalue weighted by Gasteiger charge is 2.32. The molecule has 1 aromatic rings. The number of nitrogens with one attached hydrogen (secondary N) is 2. The fraction of sp³-hybridized carbons (Fsp3) is 0.611. The van der Waals surface area contributed by atoms with E-state index in [-0.39, 0.29) is 12.1 Å². The Hall–Kier alpha value is -1.59. The molecule has 1 aliphatic heterocycles. The maximum Gasteiger partial charge on any atom is 0.224 e. The van der Waals surface area contributed by atoms with Gasteiger partial charge in [-0.15, -0.1) is 0 Å². The quantitative estimate of drug-likeness (QED) is 0.730. The molecule has 5 nitrogen and oxygen atoms in total. The van der Waals surface area contributed by atoms with Gasteiger partial charge in [-0.3, -0.25) is 10.1 Å². The van der Waals surface area contributed by atoms with Gasteiger partial charge in [-0.1, -0.05) is 25.5 Å². The minimum atomic E-state index is -0.836. The second-order valence-electron chi connectivity index (χ2n) is 6.59. The third-order valence-electron chi connectivity index (χ3n) is 4.75. The van der Waals surface area contributed by atoms with Crippen molar-refractivity contribution in [1.82, 2.24) is 5.32 Å². The van der Waals surface area contributed by atoms with Gasteiger partial charge in [0, 0.05) is 6.42 Å². The van der Waals surface area contributed by atoms with Crippen molar-refractivity contribution in [2.45, 2.75) is 70.2 Å². The normalized spacial score (nSPS) is 21.2. The Bertz CT molecular complexity index is 567. The zero-order valence-corrected chi connectivity index (χ0v) is 13.7. The second kappa shape index (κ2) is 6.89. The van der Waals surface area contributed by atoms with E-state index >= 15 is 0 Å². The average molecular weight is 318 g/mol. The Balaban J connectivity index is 1.73. The first-order valence-corrected chi connectivity index (χ1v) is 8.68. The molecule has 23 heavy (non-hydrogen) atoms. The van der Waals surface area contributed by atoms with E-state index in [1.54, 1.807) is 0 Å². The van der Waals surface area contributed by atoms with E-state index in [1.807, 2.05) is 25.1 Å². The third-order valence-corrected chi connectivity index (χ3v) is 4.75. The molecule has 1 atom stereocenters. The molecule has 0 aromatic heterocycles. The lowest BCUT2D eigenvalue weighted by atomic mass is 9.91. The van der Waals surface area contributed by atoms with Crippen molar-refractivity contribution in [1.29, 1.82) is 0 Å². The van der Waals surface area contributed by atoms with Crippen LogP contribution in [0.5, 0.6) is 5.75 Å². The molecule has 1 aromatic carbocycles. The summed E-state index contributed by atoms with van der Waals surface area (Å²) in [7, 11) is 0. The number of amides is 1. The molecule has 0 saturated heterocycles. The number of fused-ring (bicyclic) bond motifs is 1. The fourth-order valence-corrected chi connectivity index (χ4v) is 3.42. The highest BCUT2D eigenvalue weighted by molar-refractivity contribution is 5.95. The molecule has 1 fully saturated rings. The predicted molar refractivity (Wildman–Crippen MR) is 89.3 cm³/mol. The van der Waals surface area contributed by atoms with Crippen LogP contribution in [0.4, 0.5) is 5.69 Å². The molecule has 126 valence electrons. The minimum absolute atomic E-state index is 0.0282. The minimum Gasteiger partial charge on any atom is -0.473 e. The van der Waals surface area contributed by atoms with Crippen molar-refractivity contribution < 1.29 is 14.6 Å². The zero-order valence-electron chi connectivity index (χ0n) is 13.7. The fourth-order valence-electron chi connectivity index (χ4n) is 3.42. The summed E-state index contributed by atoms with van der Waals surface area (Å²) < 4.78 is 6.09. The lowest BCUT2D eigenvalue weighted by Gasteiger charge is -2.36. The summed E-state index contributed by atoms with van der Waals surface area (Å²) >= 11 is 0. The Kier molecular flexibility index (Phi) is 4.87. The molecule has 3 rings (SSSR count). The first-order valence-electron chi connectivity index (χ1n) is 8.68. The number of para-hydroxylation sites is 1. The molecule has 0 bridgehead atoms. The van der Waals surface area contributed by atoms with Crippen molar-refractivity contribution >= 4 is 11.6 Å². The zero-order chi connectivity index (χ0) is 16.3. The van der Waals surface area contributed by atoms with E-state index < -0.39 is 5.72 Å². The number of carbonyl (C=O) groups excluding carboxylic acids is 1. The summed E-state index contributed by atoms with van der Waals surface area (Å²) in [6.45, 7) is 2.03. The Labute approximate surface area is 137 Å². The maximum absolute atomic E-state index is 11.7. The van der Waals surface area contributed by atoms with Gasteiger partial charge in [-0.25, -0.2) is 0 Å². The predicted octanol–water partition coefficient (Wildman–Crippen LogP) is 2.93. The number of benzene rings is 1. The van der Waals surface area contributed by atoms with Crippen LogP contribution in [0.2, 0.25) is 0 Å². The topological polar surface area (TPSA) is 70.6 Å². The van der Waals surface area contributed by atoms with Gasteiger partial charge in [0.25, 0.3) is 0 Å². The summed E-state index contributed by atoms with van der Waals surface area (Å²) in [5, 5.41) is 16.9. The Morgan fingerprint density at radius 3 is 2.83 bits per heavy atom. The van der Waals surface area contributed by atoms with E-state index in [0.29, 0.717) is 12.2 Å². The van der Waals surface area contributed by atoms with Crippen molar-refractivity contribution in [2.24, 2.45) is 0 Å². The van der Waals surface area contributed by atoms with E-state index in [9.17, 15) is 9.90 Å². The number of aryl methyl sites for hydroxylation is 1. The highest BCUT2D eigenvalue weighted by atomic mass is 16.5. The molecular weight excluding hydrogens is 292 g/mol. The monoisotopic (exact) mass is 318 g/mol. The Morgan fingerprint density at radius 1 is 1.30 bits per heavy atom. The van der Waals surface area contributed by atoms with Crippen molar-refractivity contribution in [3.05, 3.63) is 23.8 Å². The van der Waals surface area contributed by atoms with Gasteiger partial charge < -0.3 is 15.2 Å². The molecule has 5 heteroatoms. The molecule has 0 radical (unpaired) electrons. The van der Waals surface area contributed by atoms with E-state index in [0.717, 1.165) is 49.8 Å². The van der Waals surface area contributed by atoms with Gasteiger partial charge in [0.2, 0.25) is 5.91 Å². The number of rotatable bonds is 5. The maximum atomic E-state index is 11.7. The SMILES string of the molecule is CCC(NC1(O)CCCCC1)Oc1cccc2c1NC(=O)CC2. The van der Waals surface area contributed by atoms with Crippen LogP contribution in [-0.4, -0.2) is 23.0 Å². The van der Waals surface area contributed by atoms with Gasteiger partial charge in [0.1, 0.15) is 11.5 Å². The molecule has 1 unspecified atom stereocenters. The standard InChI is InChI=1S/C18H26N2O3/c1-2-16(20-18(22)11-4-3-5-12-18)23-14-8-6-7-13-9-10-15(21)19-17(13)14/h6-8,16,20,22H,2-5,9-12H2,1H3,(H,19,21). The van der Waals surface area contributed by atoms with E-state index in [2.05, 4.69) is 10.6 Å². The van der Waals surface area contributed by atoms with Crippen LogP contribution < -0.4 is 15.4 Å². The largest absolute Gasteiger partial charge is 0.473 e. The molecule has 1 amide bonds. The third kappa shape index (κ3) is 3.85.